The van der Waals surface area contributed by atoms with Crippen LogP contribution in [0.3, 0.4) is 0 Å². The Morgan fingerprint density at radius 1 is 1.11 bits per heavy atom. The second kappa shape index (κ2) is 10.8. The van der Waals surface area contributed by atoms with Crippen LogP contribution in [0, 0.1) is 0 Å². The zero-order valence-electron chi connectivity index (χ0n) is 22.5. The summed E-state index contributed by atoms with van der Waals surface area (Å²) in [7, 11) is 3.48. The van der Waals surface area contributed by atoms with Crippen molar-refractivity contribution in [2.45, 2.75) is 51.2 Å². The van der Waals surface area contributed by atoms with E-state index in [0.29, 0.717) is 37.8 Å². The summed E-state index contributed by atoms with van der Waals surface area (Å²) in [4.78, 5) is 17.1. The number of benzene rings is 1. The summed E-state index contributed by atoms with van der Waals surface area (Å²) in [5.74, 6) is 0.707. The molecule has 10 heteroatoms. The molecule has 1 aliphatic heterocycles. The van der Waals surface area contributed by atoms with Gasteiger partial charge in [-0.25, -0.2) is 9.97 Å². The first-order chi connectivity index (χ1) is 17.9. The van der Waals surface area contributed by atoms with Crippen molar-refractivity contribution >= 4 is 17.6 Å². The summed E-state index contributed by atoms with van der Waals surface area (Å²) in [6.07, 6.45) is -2.39. The van der Waals surface area contributed by atoms with Crippen LogP contribution in [0.5, 0.6) is 0 Å². The summed E-state index contributed by atoms with van der Waals surface area (Å²) >= 11 is 0. The van der Waals surface area contributed by atoms with Gasteiger partial charge in [0.2, 0.25) is 5.95 Å². The van der Waals surface area contributed by atoms with Gasteiger partial charge in [-0.1, -0.05) is 45.0 Å². The molecular weight excluding hydrogens is 493 g/mol. The third-order valence-electron chi connectivity index (χ3n) is 6.98. The fourth-order valence-electron chi connectivity index (χ4n) is 4.76. The van der Waals surface area contributed by atoms with Crippen molar-refractivity contribution in [2.75, 3.05) is 49.4 Å². The van der Waals surface area contributed by atoms with Gasteiger partial charge in [0.15, 0.2) is 0 Å². The van der Waals surface area contributed by atoms with E-state index in [1.54, 1.807) is 12.0 Å². The second-order valence-corrected chi connectivity index (χ2v) is 10.7. The third-order valence-corrected chi connectivity index (χ3v) is 6.98. The van der Waals surface area contributed by atoms with Crippen LogP contribution in [0.2, 0.25) is 0 Å². The van der Waals surface area contributed by atoms with Crippen molar-refractivity contribution in [1.29, 1.82) is 0 Å². The lowest BCUT2D eigenvalue weighted by Gasteiger charge is -2.33. The molecule has 4 rings (SSSR count). The number of nitrogens with zero attached hydrogens (tertiary/aromatic N) is 5. The standard InChI is InChI=1S/C28H35F3N6O/c1-27(2,3)19-10-8-18(9-11-19)23-17-22-20(24(32)35-26(34-22)36(4)15-16-38-5)12-14-37(23)25-21(28(29,30)31)7-6-13-33-25/h6-11,13,23H,12,14-17H2,1-5H3,(H2,32,34,35). The molecule has 3 heterocycles. The molecule has 38 heavy (non-hydrogen) atoms. The maximum absolute atomic E-state index is 14.1. The van der Waals surface area contributed by atoms with Gasteiger partial charge >= 0.3 is 6.18 Å². The first kappa shape index (κ1) is 27.6. The quantitative estimate of drug-likeness (QED) is 0.471. The number of fused-ring (bicyclic) bond motifs is 1. The molecule has 0 saturated heterocycles. The van der Waals surface area contributed by atoms with Gasteiger partial charge in [0.25, 0.3) is 0 Å². The Kier molecular flexibility index (Phi) is 7.83. The Hall–Kier alpha value is -3.40. The minimum Gasteiger partial charge on any atom is -0.383 e. The second-order valence-electron chi connectivity index (χ2n) is 10.7. The molecule has 0 amide bonds. The number of ether oxygens (including phenoxy) is 1. The van der Waals surface area contributed by atoms with Crippen molar-refractivity contribution in [3.63, 3.8) is 0 Å². The first-order valence-electron chi connectivity index (χ1n) is 12.6. The van der Waals surface area contributed by atoms with Crippen LogP contribution >= 0.6 is 0 Å². The smallest absolute Gasteiger partial charge is 0.383 e. The van der Waals surface area contributed by atoms with Gasteiger partial charge in [-0.3, -0.25) is 0 Å². The number of halogens is 3. The lowest BCUT2D eigenvalue weighted by atomic mass is 9.86. The van der Waals surface area contributed by atoms with E-state index in [9.17, 15) is 13.2 Å². The molecule has 1 unspecified atom stereocenters. The summed E-state index contributed by atoms with van der Waals surface area (Å²) in [6.45, 7) is 7.73. The van der Waals surface area contributed by atoms with E-state index in [0.717, 1.165) is 28.5 Å². The van der Waals surface area contributed by atoms with E-state index in [2.05, 4.69) is 30.7 Å². The summed E-state index contributed by atoms with van der Waals surface area (Å²) in [5, 5.41) is 0. The van der Waals surface area contributed by atoms with E-state index in [-0.39, 0.29) is 17.8 Å². The van der Waals surface area contributed by atoms with Crippen LogP contribution in [-0.2, 0) is 29.2 Å². The highest BCUT2D eigenvalue weighted by molar-refractivity contribution is 5.55. The molecular formula is C28H35F3N6O. The van der Waals surface area contributed by atoms with Crippen molar-refractivity contribution in [1.82, 2.24) is 15.0 Å². The average Bonchev–Trinajstić information content (AvgIpc) is 3.06. The predicted molar refractivity (Wildman–Crippen MR) is 143 cm³/mol. The highest BCUT2D eigenvalue weighted by Gasteiger charge is 2.38. The zero-order valence-corrected chi connectivity index (χ0v) is 22.5. The highest BCUT2D eigenvalue weighted by Crippen LogP contribution is 2.41. The lowest BCUT2D eigenvalue weighted by molar-refractivity contribution is -0.137. The first-order valence-corrected chi connectivity index (χ1v) is 12.6. The maximum atomic E-state index is 14.1. The molecule has 0 aliphatic carbocycles. The van der Waals surface area contributed by atoms with Crippen molar-refractivity contribution in [2.24, 2.45) is 0 Å². The van der Waals surface area contributed by atoms with Crippen LogP contribution in [0.1, 0.15) is 54.8 Å². The molecule has 3 aromatic rings. The molecule has 0 spiro atoms. The lowest BCUT2D eigenvalue weighted by Crippen LogP contribution is -2.33. The number of methoxy groups -OCH3 is 1. The Labute approximate surface area is 221 Å². The molecule has 1 aromatic carbocycles. The number of likely N-dealkylation sites (N-methyl/N-ethyl adjacent to an activating group) is 1. The Morgan fingerprint density at radius 2 is 1.82 bits per heavy atom. The molecule has 2 aromatic heterocycles. The molecule has 2 N–H and O–H groups in total. The molecule has 0 fully saturated rings. The van der Waals surface area contributed by atoms with E-state index in [1.165, 1.54) is 12.3 Å². The van der Waals surface area contributed by atoms with Crippen LogP contribution in [0.4, 0.5) is 30.8 Å². The van der Waals surface area contributed by atoms with E-state index >= 15 is 0 Å². The van der Waals surface area contributed by atoms with Gasteiger partial charge in [-0.15, -0.1) is 0 Å². The summed E-state index contributed by atoms with van der Waals surface area (Å²) < 4.78 is 47.4. The van der Waals surface area contributed by atoms with Gasteiger partial charge in [-0.2, -0.15) is 18.2 Å². The fourth-order valence-corrected chi connectivity index (χ4v) is 4.76. The number of nitrogens with two attached hydrogens (primary N) is 1. The Bertz CT molecular complexity index is 1260. The average molecular weight is 529 g/mol. The maximum Gasteiger partial charge on any atom is 0.419 e. The monoisotopic (exact) mass is 528 g/mol. The zero-order chi connectivity index (χ0) is 27.7. The number of anilines is 3. The van der Waals surface area contributed by atoms with Crippen molar-refractivity contribution in [3.05, 3.63) is 70.5 Å². The molecule has 0 radical (unpaired) electrons. The van der Waals surface area contributed by atoms with Crippen molar-refractivity contribution in [3.8, 4) is 0 Å². The summed E-state index contributed by atoms with van der Waals surface area (Å²) in [5.41, 5.74) is 9.09. The van der Waals surface area contributed by atoms with E-state index in [1.807, 2.05) is 36.2 Å². The predicted octanol–water partition coefficient (Wildman–Crippen LogP) is 5.20. The van der Waals surface area contributed by atoms with Gasteiger partial charge in [0, 0.05) is 45.4 Å². The van der Waals surface area contributed by atoms with Gasteiger partial charge in [-0.05, 0) is 35.1 Å². The van der Waals surface area contributed by atoms with Crippen LogP contribution in [0.15, 0.2) is 42.6 Å². The van der Waals surface area contributed by atoms with Crippen molar-refractivity contribution < 1.29 is 17.9 Å². The number of nitrogen functional groups attached to an aromatic ring is 1. The Balaban J connectivity index is 1.82. The number of rotatable bonds is 6. The molecule has 0 bridgehead atoms. The minimum absolute atomic E-state index is 0.0535. The topological polar surface area (TPSA) is 80.4 Å². The number of aromatic nitrogens is 3. The number of hydrogen-bond acceptors (Lipinski definition) is 7. The van der Waals surface area contributed by atoms with Crippen LogP contribution in [-0.4, -0.2) is 48.8 Å². The SMILES string of the molecule is COCCN(C)c1nc(N)c2c(n1)CC(c1ccc(C(C)(C)C)cc1)N(c1ncccc1C(F)(F)F)CC2. The number of pyridine rings is 1. The minimum atomic E-state index is -4.54. The van der Waals surface area contributed by atoms with Gasteiger partial charge < -0.3 is 20.3 Å². The number of hydrogen-bond donors (Lipinski definition) is 1. The van der Waals surface area contributed by atoms with E-state index in [4.69, 9.17) is 15.5 Å². The largest absolute Gasteiger partial charge is 0.419 e. The number of alkyl halides is 3. The molecule has 1 aliphatic rings. The fraction of sp³-hybridized carbons (Fsp3) is 0.464. The Morgan fingerprint density at radius 3 is 2.45 bits per heavy atom. The summed E-state index contributed by atoms with van der Waals surface area (Å²) in [6, 6.07) is 10.0. The van der Waals surface area contributed by atoms with Gasteiger partial charge in [0.05, 0.1) is 23.9 Å². The van der Waals surface area contributed by atoms with Gasteiger partial charge in [0.1, 0.15) is 11.6 Å². The third kappa shape index (κ3) is 5.85. The molecule has 1 atom stereocenters. The van der Waals surface area contributed by atoms with E-state index < -0.39 is 17.8 Å². The highest BCUT2D eigenvalue weighted by atomic mass is 19.4. The normalized spacial score (nSPS) is 16.2. The molecule has 7 nitrogen and oxygen atoms in total. The van der Waals surface area contributed by atoms with Crippen LogP contribution < -0.4 is 15.5 Å². The molecule has 204 valence electrons. The molecule has 0 saturated carbocycles. The van der Waals surface area contributed by atoms with Crippen LogP contribution in [0.25, 0.3) is 0 Å².